The molecule has 0 spiro atoms. The van der Waals surface area contributed by atoms with Gasteiger partial charge in [0, 0.05) is 35.8 Å². The lowest BCUT2D eigenvalue weighted by Crippen LogP contribution is -2.15. The number of nitrogens with zero attached hydrogens (tertiary/aromatic N) is 2. The van der Waals surface area contributed by atoms with Crippen LogP contribution in [0, 0.1) is 6.92 Å². The molecule has 0 saturated carbocycles. The topological polar surface area (TPSA) is 93.2 Å². The molecule has 7 nitrogen and oxygen atoms in total. The van der Waals surface area contributed by atoms with E-state index >= 15 is 0 Å². The Morgan fingerprint density at radius 2 is 1.75 bits per heavy atom. The molecule has 0 aliphatic carbocycles. The first kappa shape index (κ1) is 19.7. The molecule has 0 saturated heterocycles. The van der Waals surface area contributed by atoms with E-state index in [2.05, 4.69) is 20.6 Å². The first-order valence-electron chi connectivity index (χ1n) is 10.3. The maximum Gasteiger partial charge on any atom is 0.259 e. The van der Waals surface area contributed by atoms with Crippen LogP contribution in [0.3, 0.4) is 0 Å². The molecule has 1 aromatic heterocycles. The highest BCUT2D eigenvalue weighted by atomic mass is 16.5. The number of aromatic nitrogens is 2. The largest absolute Gasteiger partial charge is 0.492 e. The minimum absolute atomic E-state index is 0.252. The number of hydrogen-bond donors (Lipinski definition) is 2. The summed E-state index contributed by atoms with van der Waals surface area (Å²) in [5.74, 6) is 0.126. The zero-order valence-electron chi connectivity index (χ0n) is 17.4. The lowest BCUT2D eigenvalue weighted by molar-refractivity contribution is 0.101. The van der Waals surface area contributed by atoms with Crippen LogP contribution in [0.1, 0.15) is 31.8 Å². The van der Waals surface area contributed by atoms with Gasteiger partial charge in [0.1, 0.15) is 5.75 Å². The van der Waals surface area contributed by atoms with Gasteiger partial charge in [-0.15, -0.1) is 0 Å². The summed E-state index contributed by atoms with van der Waals surface area (Å²) in [6, 6.07) is 16.2. The zero-order valence-corrected chi connectivity index (χ0v) is 17.4. The molecule has 5 rings (SSSR count). The second-order valence-corrected chi connectivity index (χ2v) is 7.59. The standard InChI is InChI=1S/C25H20N4O3/c1-15-5-7-18(28-25(31)19-4-2-3-16-9-12-32-23(16)19)14-21(15)29-24(30)17-6-8-20-22(13-17)27-11-10-26-20/h2-8,10-11,13-14H,9,12H2,1H3,(H,28,31)(H,29,30). The van der Waals surface area contributed by atoms with Crippen LogP contribution in [0.4, 0.5) is 11.4 Å². The molecule has 2 heterocycles. The van der Waals surface area contributed by atoms with Crippen LogP contribution in [0.5, 0.6) is 5.75 Å². The molecule has 4 aromatic rings. The zero-order chi connectivity index (χ0) is 22.1. The van der Waals surface area contributed by atoms with Crippen molar-refractivity contribution in [3.05, 3.63) is 89.2 Å². The first-order valence-corrected chi connectivity index (χ1v) is 10.3. The van der Waals surface area contributed by atoms with Crippen molar-refractivity contribution in [2.45, 2.75) is 13.3 Å². The number of para-hydroxylation sites is 1. The number of nitrogens with one attached hydrogen (secondary N) is 2. The van der Waals surface area contributed by atoms with E-state index in [1.807, 2.05) is 25.1 Å². The van der Waals surface area contributed by atoms with Gasteiger partial charge in [-0.25, -0.2) is 0 Å². The van der Waals surface area contributed by atoms with E-state index in [0.717, 1.165) is 23.1 Å². The third-order valence-electron chi connectivity index (χ3n) is 5.43. The molecule has 1 aliphatic rings. The smallest absolute Gasteiger partial charge is 0.259 e. The lowest BCUT2D eigenvalue weighted by atomic mass is 10.1. The van der Waals surface area contributed by atoms with Crippen LogP contribution in [0.25, 0.3) is 11.0 Å². The van der Waals surface area contributed by atoms with Gasteiger partial charge in [-0.3, -0.25) is 19.6 Å². The molecule has 32 heavy (non-hydrogen) atoms. The Morgan fingerprint density at radius 1 is 0.906 bits per heavy atom. The van der Waals surface area contributed by atoms with Crippen molar-refractivity contribution in [2.75, 3.05) is 17.2 Å². The van der Waals surface area contributed by atoms with Gasteiger partial charge in [0.2, 0.25) is 0 Å². The summed E-state index contributed by atoms with van der Waals surface area (Å²) in [7, 11) is 0. The van der Waals surface area contributed by atoms with E-state index in [0.29, 0.717) is 40.4 Å². The molecular weight excluding hydrogens is 404 g/mol. The highest BCUT2D eigenvalue weighted by Gasteiger charge is 2.20. The van der Waals surface area contributed by atoms with Gasteiger partial charge in [-0.1, -0.05) is 18.2 Å². The van der Waals surface area contributed by atoms with E-state index in [1.54, 1.807) is 48.8 Å². The van der Waals surface area contributed by atoms with Gasteiger partial charge < -0.3 is 15.4 Å². The molecule has 7 heteroatoms. The Morgan fingerprint density at radius 3 is 2.62 bits per heavy atom. The number of benzene rings is 3. The quantitative estimate of drug-likeness (QED) is 0.507. The summed E-state index contributed by atoms with van der Waals surface area (Å²) in [6.45, 7) is 2.48. The summed E-state index contributed by atoms with van der Waals surface area (Å²) in [5, 5.41) is 5.83. The number of hydrogen-bond acceptors (Lipinski definition) is 5. The third kappa shape index (κ3) is 3.76. The van der Waals surface area contributed by atoms with Crippen molar-refractivity contribution < 1.29 is 14.3 Å². The molecule has 0 bridgehead atoms. The third-order valence-corrected chi connectivity index (χ3v) is 5.43. The van der Waals surface area contributed by atoms with Crippen molar-refractivity contribution in [2.24, 2.45) is 0 Å². The summed E-state index contributed by atoms with van der Waals surface area (Å²) in [5.41, 5.74) is 5.46. The van der Waals surface area contributed by atoms with Crippen LogP contribution < -0.4 is 15.4 Å². The van der Waals surface area contributed by atoms with Gasteiger partial charge >= 0.3 is 0 Å². The predicted molar refractivity (Wildman–Crippen MR) is 122 cm³/mol. The SMILES string of the molecule is Cc1ccc(NC(=O)c2cccc3c2OCC3)cc1NC(=O)c1ccc2nccnc2c1. The van der Waals surface area contributed by atoms with Gasteiger partial charge in [0.05, 0.1) is 23.2 Å². The van der Waals surface area contributed by atoms with Crippen LogP contribution in [0.15, 0.2) is 67.0 Å². The van der Waals surface area contributed by atoms with Crippen molar-refractivity contribution in [1.29, 1.82) is 0 Å². The Kier molecular flexibility index (Phi) is 4.99. The number of rotatable bonds is 4. The van der Waals surface area contributed by atoms with Gasteiger partial charge in [-0.2, -0.15) is 0 Å². The Hall–Kier alpha value is -4.26. The fourth-order valence-electron chi connectivity index (χ4n) is 3.73. The molecular formula is C25H20N4O3. The van der Waals surface area contributed by atoms with Crippen LogP contribution in [-0.4, -0.2) is 28.4 Å². The van der Waals surface area contributed by atoms with Crippen molar-refractivity contribution in [1.82, 2.24) is 9.97 Å². The van der Waals surface area contributed by atoms with E-state index in [-0.39, 0.29) is 11.8 Å². The predicted octanol–water partition coefficient (Wildman–Crippen LogP) is 4.38. The Labute approximate surface area is 184 Å². The average Bonchev–Trinajstić information content (AvgIpc) is 3.30. The maximum atomic E-state index is 12.8. The molecule has 2 amide bonds. The van der Waals surface area contributed by atoms with Gasteiger partial charge in [0.15, 0.2) is 0 Å². The lowest BCUT2D eigenvalue weighted by Gasteiger charge is -2.13. The second kappa shape index (κ2) is 8.11. The number of fused-ring (bicyclic) bond motifs is 2. The number of anilines is 2. The van der Waals surface area contributed by atoms with E-state index in [9.17, 15) is 9.59 Å². The highest BCUT2D eigenvalue weighted by molar-refractivity contribution is 6.08. The number of carbonyl (C=O) groups is 2. The van der Waals surface area contributed by atoms with Gasteiger partial charge in [0.25, 0.3) is 11.8 Å². The number of ether oxygens (including phenoxy) is 1. The molecule has 3 aromatic carbocycles. The fraction of sp³-hybridized carbons (Fsp3) is 0.120. The molecule has 0 radical (unpaired) electrons. The van der Waals surface area contributed by atoms with E-state index < -0.39 is 0 Å². The van der Waals surface area contributed by atoms with E-state index in [4.69, 9.17) is 4.74 Å². The molecule has 158 valence electrons. The summed E-state index contributed by atoms with van der Waals surface area (Å²) < 4.78 is 5.64. The van der Waals surface area contributed by atoms with Crippen LogP contribution in [0.2, 0.25) is 0 Å². The summed E-state index contributed by atoms with van der Waals surface area (Å²) >= 11 is 0. The number of amides is 2. The van der Waals surface area contributed by atoms with Crippen molar-refractivity contribution >= 4 is 34.2 Å². The van der Waals surface area contributed by atoms with Crippen molar-refractivity contribution in [3.8, 4) is 5.75 Å². The minimum atomic E-state index is -0.265. The molecule has 2 N–H and O–H groups in total. The fourth-order valence-corrected chi connectivity index (χ4v) is 3.73. The number of carbonyl (C=O) groups excluding carboxylic acids is 2. The second-order valence-electron chi connectivity index (χ2n) is 7.59. The highest BCUT2D eigenvalue weighted by Crippen LogP contribution is 2.30. The normalized spacial score (nSPS) is 12.2. The maximum absolute atomic E-state index is 12.8. The summed E-state index contributed by atoms with van der Waals surface area (Å²) in [6.07, 6.45) is 4.01. The summed E-state index contributed by atoms with van der Waals surface area (Å²) in [4.78, 5) is 34.1. The van der Waals surface area contributed by atoms with Crippen molar-refractivity contribution in [3.63, 3.8) is 0 Å². The van der Waals surface area contributed by atoms with E-state index in [1.165, 1.54) is 0 Å². The molecule has 0 atom stereocenters. The minimum Gasteiger partial charge on any atom is -0.492 e. The Bertz CT molecular complexity index is 1370. The first-order chi connectivity index (χ1) is 15.6. The molecule has 0 fully saturated rings. The van der Waals surface area contributed by atoms with Gasteiger partial charge in [-0.05, 0) is 54.4 Å². The molecule has 0 unspecified atom stereocenters. The number of aryl methyl sites for hydroxylation is 1. The monoisotopic (exact) mass is 424 g/mol. The van der Waals surface area contributed by atoms with Crippen LogP contribution in [-0.2, 0) is 6.42 Å². The van der Waals surface area contributed by atoms with Crippen LogP contribution >= 0.6 is 0 Å². The molecule has 1 aliphatic heterocycles. The Balaban J connectivity index is 1.36. The average molecular weight is 424 g/mol.